The fourth-order valence-corrected chi connectivity index (χ4v) is 1.76. The molecule has 0 aliphatic carbocycles. The highest BCUT2D eigenvalue weighted by molar-refractivity contribution is 5.74. The third-order valence-corrected chi connectivity index (χ3v) is 3.00. The van der Waals surface area contributed by atoms with Crippen LogP contribution in [-0.4, -0.2) is 47.8 Å². The maximum absolute atomic E-state index is 11.8. The molecule has 1 aliphatic heterocycles. The molecule has 4 N–H and O–H groups in total. The summed E-state index contributed by atoms with van der Waals surface area (Å²) in [4.78, 5) is 13.6. The maximum Gasteiger partial charge on any atom is 0.317 e. The highest BCUT2D eigenvalue weighted by atomic mass is 16.3. The minimum absolute atomic E-state index is 0.0574. The highest BCUT2D eigenvalue weighted by Crippen LogP contribution is 2.09. The monoisotopic (exact) mass is 229 g/mol. The van der Waals surface area contributed by atoms with Crippen molar-refractivity contribution in [2.45, 2.75) is 44.8 Å². The quantitative estimate of drug-likeness (QED) is 0.650. The molecule has 94 valence electrons. The van der Waals surface area contributed by atoms with E-state index in [1.807, 2.05) is 4.90 Å². The number of aliphatic hydroxyl groups is 1. The van der Waals surface area contributed by atoms with Gasteiger partial charge < -0.3 is 21.1 Å². The van der Waals surface area contributed by atoms with E-state index in [0.29, 0.717) is 6.54 Å². The minimum Gasteiger partial charge on any atom is -0.392 e. The normalized spacial score (nSPS) is 21.1. The van der Waals surface area contributed by atoms with Gasteiger partial charge in [-0.1, -0.05) is 12.8 Å². The van der Waals surface area contributed by atoms with Gasteiger partial charge in [0.15, 0.2) is 0 Å². The number of hydrogen-bond acceptors (Lipinski definition) is 3. The van der Waals surface area contributed by atoms with Crippen LogP contribution in [0.25, 0.3) is 0 Å². The minimum atomic E-state index is -0.593. The van der Waals surface area contributed by atoms with Gasteiger partial charge in [0.1, 0.15) is 0 Å². The van der Waals surface area contributed by atoms with Gasteiger partial charge in [0, 0.05) is 25.7 Å². The van der Waals surface area contributed by atoms with Gasteiger partial charge in [0.2, 0.25) is 0 Å². The lowest BCUT2D eigenvalue weighted by molar-refractivity contribution is 0.158. The van der Waals surface area contributed by atoms with Gasteiger partial charge in [0.25, 0.3) is 0 Å². The summed E-state index contributed by atoms with van der Waals surface area (Å²) in [6.45, 7) is 3.61. The number of carbonyl (C=O) groups is 1. The van der Waals surface area contributed by atoms with Crippen LogP contribution in [0.4, 0.5) is 4.79 Å². The number of rotatable bonds is 3. The van der Waals surface area contributed by atoms with E-state index >= 15 is 0 Å². The molecule has 1 saturated heterocycles. The van der Waals surface area contributed by atoms with Crippen molar-refractivity contribution in [3.63, 3.8) is 0 Å². The topological polar surface area (TPSA) is 78.6 Å². The Hall–Kier alpha value is -0.810. The third-order valence-electron chi connectivity index (χ3n) is 3.00. The van der Waals surface area contributed by atoms with Gasteiger partial charge in [0.05, 0.1) is 6.10 Å². The number of nitrogens with one attached hydrogen (secondary N) is 1. The van der Waals surface area contributed by atoms with Crippen molar-refractivity contribution in [1.29, 1.82) is 0 Å². The molecule has 1 heterocycles. The van der Waals surface area contributed by atoms with Crippen molar-refractivity contribution in [3.05, 3.63) is 0 Å². The summed E-state index contributed by atoms with van der Waals surface area (Å²) < 4.78 is 0. The Labute approximate surface area is 97.0 Å². The molecule has 5 heteroatoms. The Bertz CT molecular complexity index is 213. The molecule has 0 bridgehead atoms. The van der Waals surface area contributed by atoms with Crippen LogP contribution in [0.15, 0.2) is 0 Å². The molecule has 0 radical (unpaired) electrons. The van der Waals surface area contributed by atoms with Crippen LogP contribution < -0.4 is 11.1 Å². The molecule has 16 heavy (non-hydrogen) atoms. The second-order valence-corrected chi connectivity index (χ2v) is 4.49. The van der Waals surface area contributed by atoms with Crippen LogP contribution in [0.5, 0.6) is 0 Å². The van der Waals surface area contributed by atoms with Crippen molar-refractivity contribution >= 4 is 6.03 Å². The maximum atomic E-state index is 11.8. The average Bonchev–Trinajstić information content (AvgIpc) is 2.53. The Morgan fingerprint density at radius 1 is 1.38 bits per heavy atom. The largest absolute Gasteiger partial charge is 0.392 e. The van der Waals surface area contributed by atoms with E-state index in [1.54, 1.807) is 6.92 Å². The van der Waals surface area contributed by atoms with Gasteiger partial charge in [-0.05, 0) is 19.8 Å². The number of hydrogen-bond donors (Lipinski definition) is 3. The third kappa shape index (κ3) is 4.37. The molecule has 2 amide bonds. The number of nitrogens with zero attached hydrogens (tertiary/aromatic N) is 1. The number of carbonyl (C=O) groups excluding carboxylic acids is 1. The number of urea groups is 1. The van der Waals surface area contributed by atoms with E-state index in [0.717, 1.165) is 25.9 Å². The highest BCUT2D eigenvalue weighted by Gasteiger charge is 2.16. The molecule has 0 aromatic rings. The molecule has 0 aromatic carbocycles. The molecule has 0 aromatic heterocycles. The zero-order valence-electron chi connectivity index (χ0n) is 9.98. The van der Waals surface area contributed by atoms with Gasteiger partial charge in [-0.3, -0.25) is 0 Å². The Kier molecular flexibility index (Phi) is 5.55. The smallest absolute Gasteiger partial charge is 0.317 e. The molecule has 5 nitrogen and oxygen atoms in total. The summed E-state index contributed by atoms with van der Waals surface area (Å²) in [6.07, 6.45) is 3.98. The van der Waals surface area contributed by atoms with Crippen molar-refractivity contribution < 1.29 is 9.90 Å². The SMILES string of the molecule is CC(O)C(N)CNC(=O)N1CCCCCC1. The van der Waals surface area contributed by atoms with Crippen molar-refractivity contribution in [1.82, 2.24) is 10.2 Å². The first-order valence-electron chi connectivity index (χ1n) is 6.07. The van der Waals surface area contributed by atoms with Crippen molar-refractivity contribution in [2.75, 3.05) is 19.6 Å². The van der Waals surface area contributed by atoms with E-state index in [2.05, 4.69) is 5.32 Å². The lowest BCUT2D eigenvalue weighted by Gasteiger charge is -2.22. The summed E-state index contributed by atoms with van der Waals surface area (Å²) in [6, 6.07) is -0.450. The average molecular weight is 229 g/mol. The van der Waals surface area contributed by atoms with Crippen LogP contribution in [0.1, 0.15) is 32.6 Å². The predicted molar refractivity (Wildman–Crippen MR) is 63.1 cm³/mol. The first-order chi connectivity index (χ1) is 7.61. The molecule has 1 rings (SSSR count). The molecular weight excluding hydrogens is 206 g/mol. The summed E-state index contributed by atoms with van der Waals surface area (Å²) in [5.74, 6) is 0. The van der Waals surface area contributed by atoms with E-state index in [1.165, 1.54) is 12.8 Å². The molecule has 1 fully saturated rings. The second kappa shape index (κ2) is 6.70. The molecule has 1 aliphatic rings. The Morgan fingerprint density at radius 3 is 2.44 bits per heavy atom. The van der Waals surface area contributed by atoms with E-state index < -0.39 is 12.1 Å². The number of aliphatic hydroxyl groups excluding tert-OH is 1. The zero-order valence-corrected chi connectivity index (χ0v) is 9.98. The van der Waals surface area contributed by atoms with Crippen LogP contribution in [-0.2, 0) is 0 Å². The van der Waals surface area contributed by atoms with E-state index in [4.69, 9.17) is 5.73 Å². The van der Waals surface area contributed by atoms with Crippen LogP contribution in [0, 0.1) is 0 Å². The van der Waals surface area contributed by atoms with Gasteiger partial charge >= 0.3 is 6.03 Å². The summed E-state index contributed by atoms with van der Waals surface area (Å²) in [7, 11) is 0. The predicted octanol–water partition coefficient (Wildman–Crippen LogP) is 0.280. The molecular formula is C11H23N3O2. The first kappa shape index (κ1) is 13.3. The van der Waals surface area contributed by atoms with Crippen molar-refractivity contribution in [2.24, 2.45) is 5.73 Å². The number of likely N-dealkylation sites (tertiary alicyclic amines) is 1. The van der Waals surface area contributed by atoms with Crippen LogP contribution in [0.2, 0.25) is 0 Å². The number of nitrogens with two attached hydrogens (primary N) is 1. The lowest BCUT2D eigenvalue weighted by Crippen LogP contribution is -2.48. The van der Waals surface area contributed by atoms with Gasteiger partial charge in [-0.25, -0.2) is 4.79 Å². The first-order valence-corrected chi connectivity index (χ1v) is 6.07. The van der Waals surface area contributed by atoms with Crippen LogP contribution >= 0.6 is 0 Å². The molecule has 2 unspecified atom stereocenters. The molecule has 2 atom stereocenters. The van der Waals surface area contributed by atoms with E-state index in [-0.39, 0.29) is 6.03 Å². The van der Waals surface area contributed by atoms with E-state index in [9.17, 15) is 9.90 Å². The Balaban J connectivity index is 2.27. The molecule has 0 spiro atoms. The summed E-state index contributed by atoms with van der Waals surface area (Å²) in [5, 5.41) is 12.0. The fraction of sp³-hybridized carbons (Fsp3) is 0.909. The molecule has 0 saturated carbocycles. The standard InChI is InChI=1S/C11H23N3O2/c1-9(15)10(12)8-13-11(16)14-6-4-2-3-5-7-14/h9-10,15H,2-8,12H2,1H3,(H,13,16). The summed E-state index contributed by atoms with van der Waals surface area (Å²) >= 11 is 0. The van der Waals surface area contributed by atoms with Crippen molar-refractivity contribution in [3.8, 4) is 0 Å². The fourth-order valence-electron chi connectivity index (χ4n) is 1.76. The number of amides is 2. The lowest BCUT2D eigenvalue weighted by atomic mass is 10.2. The Morgan fingerprint density at radius 2 is 1.94 bits per heavy atom. The second-order valence-electron chi connectivity index (χ2n) is 4.49. The van der Waals surface area contributed by atoms with Gasteiger partial charge in [-0.15, -0.1) is 0 Å². The van der Waals surface area contributed by atoms with Crippen LogP contribution in [0.3, 0.4) is 0 Å². The summed E-state index contributed by atoms with van der Waals surface area (Å²) in [5.41, 5.74) is 5.64. The van der Waals surface area contributed by atoms with Gasteiger partial charge in [-0.2, -0.15) is 0 Å². The zero-order chi connectivity index (χ0) is 12.0.